The van der Waals surface area contributed by atoms with Crippen LogP contribution in [0.25, 0.3) is 0 Å². The van der Waals surface area contributed by atoms with E-state index in [1.165, 1.54) is 51.4 Å². The molecule has 3 fully saturated rings. The fourth-order valence-corrected chi connectivity index (χ4v) is 9.53. The normalized spacial score (nSPS) is 47.9. The molecule has 1 unspecified atom stereocenters. The fourth-order valence-electron chi connectivity index (χ4n) is 8.67. The van der Waals surface area contributed by atoms with Crippen LogP contribution in [0.5, 0.6) is 0 Å². The number of allylic oxidation sites excluding steroid dienone is 1. The van der Waals surface area contributed by atoms with Crippen LogP contribution in [0.15, 0.2) is 11.6 Å². The second kappa shape index (κ2) is 8.27. The summed E-state index contributed by atoms with van der Waals surface area (Å²) in [5.74, 6) is 5.32. The molecule has 0 aliphatic heterocycles. The zero-order chi connectivity index (χ0) is 21.0. The van der Waals surface area contributed by atoms with Crippen molar-refractivity contribution in [3.63, 3.8) is 0 Å². The molecule has 4 aliphatic carbocycles. The van der Waals surface area contributed by atoms with Gasteiger partial charge in [0, 0.05) is 4.83 Å². The molecule has 4 aliphatic rings. The zero-order valence-electron chi connectivity index (χ0n) is 19.6. The molecule has 1 nitrogen and oxygen atoms in total. The number of hydrogen-bond acceptors (Lipinski definition) is 1. The Kier molecular flexibility index (Phi) is 6.38. The molecule has 0 aromatic rings. The maximum Gasteiger partial charge on any atom is 0.0702 e. The average Bonchev–Trinajstić information content (AvgIpc) is 3.00. The number of rotatable bonds is 5. The molecular weight excluding hydrogens is 420 g/mol. The van der Waals surface area contributed by atoms with Gasteiger partial charge in [0.15, 0.2) is 0 Å². The lowest BCUT2D eigenvalue weighted by Crippen LogP contribution is -2.52. The molecule has 0 amide bonds. The topological polar surface area (TPSA) is 20.2 Å². The third kappa shape index (κ3) is 3.81. The highest BCUT2D eigenvalue weighted by atomic mass is 79.9. The van der Waals surface area contributed by atoms with E-state index in [9.17, 15) is 5.11 Å². The van der Waals surface area contributed by atoms with Crippen molar-refractivity contribution < 1.29 is 5.11 Å². The summed E-state index contributed by atoms with van der Waals surface area (Å²) in [5.41, 5.74) is 2.47. The number of aliphatic hydroxyl groups excluding tert-OH is 1. The smallest absolute Gasteiger partial charge is 0.0702 e. The first kappa shape index (κ1) is 22.4. The van der Waals surface area contributed by atoms with Gasteiger partial charge < -0.3 is 5.11 Å². The van der Waals surface area contributed by atoms with E-state index in [2.05, 4.69) is 56.6 Å². The van der Waals surface area contributed by atoms with Gasteiger partial charge in [-0.25, -0.2) is 0 Å². The Hall–Kier alpha value is 0.180. The molecule has 0 saturated heterocycles. The monoisotopic (exact) mass is 464 g/mol. The molecule has 4 rings (SSSR count). The van der Waals surface area contributed by atoms with Gasteiger partial charge in [-0.15, -0.1) is 0 Å². The Morgan fingerprint density at radius 1 is 1.10 bits per heavy atom. The highest BCUT2D eigenvalue weighted by Crippen LogP contribution is 2.67. The molecule has 0 radical (unpaired) electrons. The quantitative estimate of drug-likeness (QED) is 0.325. The first-order valence-corrected chi connectivity index (χ1v) is 13.6. The van der Waals surface area contributed by atoms with Gasteiger partial charge in [0.05, 0.1) is 6.10 Å². The summed E-state index contributed by atoms with van der Waals surface area (Å²) in [4.78, 5) is 0.272. The lowest BCUT2D eigenvalue weighted by Gasteiger charge is -2.59. The van der Waals surface area contributed by atoms with E-state index in [1.54, 1.807) is 5.57 Å². The van der Waals surface area contributed by atoms with Gasteiger partial charge in [-0.2, -0.15) is 0 Å². The van der Waals surface area contributed by atoms with Crippen LogP contribution in [0.2, 0.25) is 0 Å². The second-order valence-corrected chi connectivity index (χ2v) is 13.5. The lowest BCUT2D eigenvalue weighted by molar-refractivity contribution is -0.0558. The summed E-state index contributed by atoms with van der Waals surface area (Å²) in [7, 11) is 0. The SMILES string of the molecule is CC(C)CCC[C@@H](C)[C@H]1CC[C@H]2[C@@H]3CC=C4C[C@@H](O)C(Br)C[C@]4(C)[C@H]3CC[C@]12C. The number of alkyl halides is 1. The summed E-state index contributed by atoms with van der Waals surface area (Å²) in [6.07, 6.45) is 15.7. The fraction of sp³-hybridized carbons (Fsp3) is 0.926. The van der Waals surface area contributed by atoms with Crippen molar-refractivity contribution in [3.8, 4) is 0 Å². The van der Waals surface area contributed by atoms with Gasteiger partial charge in [0.2, 0.25) is 0 Å². The molecular formula is C27H45BrO. The van der Waals surface area contributed by atoms with Crippen molar-refractivity contribution in [3.05, 3.63) is 11.6 Å². The largest absolute Gasteiger partial charge is 0.392 e. The summed E-state index contributed by atoms with van der Waals surface area (Å²) in [6, 6.07) is 0. The maximum atomic E-state index is 10.4. The van der Waals surface area contributed by atoms with Crippen molar-refractivity contribution in [2.75, 3.05) is 0 Å². The molecule has 166 valence electrons. The van der Waals surface area contributed by atoms with Crippen molar-refractivity contribution in [2.24, 2.45) is 46.3 Å². The van der Waals surface area contributed by atoms with Crippen LogP contribution in [0, 0.1) is 46.3 Å². The van der Waals surface area contributed by atoms with Crippen molar-refractivity contribution in [1.82, 2.24) is 0 Å². The lowest BCUT2D eigenvalue weighted by atomic mass is 9.47. The third-order valence-corrected chi connectivity index (χ3v) is 11.2. The van der Waals surface area contributed by atoms with Crippen LogP contribution in [-0.2, 0) is 0 Å². The molecule has 0 aromatic carbocycles. The van der Waals surface area contributed by atoms with Crippen LogP contribution in [0.4, 0.5) is 0 Å². The molecule has 0 spiro atoms. The molecule has 0 heterocycles. The van der Waals surface area contributed by atoms with Gasteiger partial charge in [0.25, 0.3) is 0 Å². The summed E-state index contributed by atoms with van der Waals surface area (Å²) >= 11 is 3.82. The number of aliphatic hydroxyl groups is 1. The van der Waals surface area contributed by atoms with E-state index in [0.29, 0.717) is 10.8 Å². The minimum absolute atomic E-state index is 0.192. The average molecular weight is 466 g/mol. The molecule has 1 N–H and O–H groups in total. The first-order valence-electron chi connectivity index (χ1n) is 12.7. The maximum absolute atomic E-state index is 10.4. The molecule has 2 heteroatoms. The molecule has 29 heavy (non-hydrogen) atoms. The van der Waals surface area contributed by atoms with E-state index < -0.39 is 0 Å². The second-order valence-electron chi connectivity index (χ2n) is 12.3. The number of fused-ring (bicyclic) bond motifs is 5. The van der Waals surface area contributed by atoms with Crippen molar-refractivity contribution in [2.45, 2.75) is 110 Å². The molecule has 0 bridgehead atoms. The Labute approximate surface area is 188 Å². The highest BCUT2D eigenvalue weighted by molar-refractivity contribution is 9.09. The Bertz CT molecular complexity index is 626. The summed E-state index contributed by atoms with van der Waals surface area (Å²) in [5, 5.41) is 10.4. The highest BCUT2D eigenvalue weighted by Gasteiger charge is 2.59. The summed E-state index contributed by atoms with van der Waals surface area (Å²) < 4.78 is 0. The van der Waals surface area contributed by atoms with Crippen LogP contribution < -0.4 is 0 Å². The van der Waals surface area contributed by atoms with Gasteiger partial charge in [-0.1, -0.05) is 81.5 Å². The predicted molar refractivity (Wildman–Crippen MR) is 127 cm³/mol. The van der Waals surface area contributed by atoms with E-state index in [4.69, 9.17) is 0 Å². The predicted octanol–water partition coefficient (Wildman–Crippen LogP) is 7.76. The number of hydrogen-bond donors (Lipinski definition) is 1. The van der Waals surface area contributed by atoms with Gasteiger partial charge in [-0.3, -0.25) is 0 Å². The van der Waals surface area contributed by atoms with E-state index in [1.807, 2.05) is 0 Å². The Morgan fingerprint density at radius 2 is 1.86 bits per heavy atom. The summed E-state index contributed by atoms with van der Waals surface area (Å²) in [6.45, 7) is 12.5. The van der Waals surface area contributed by atoms with E-state index >= 15 is 0 Å². The minimum Gasteiger partial charge on any atom is -0.392 e. The molecule has 3 saturated carbocycles. The van der Waals surface area contributed by atoms with Crippen LogP contribution >= 0.6 is 15.9 Å². The third-order valence-electron chi connectivity index (χ3n) is 10.3. The minimum atomic E-state index is -0.192. The van der Waals surface area contributed by atoms with Gasteiger partial charge >= 0.3 is 0 Å². The molecule has 9 atom stereocenters. The van der Waals surface area contributed by atoms with Crippen LogP contribution in [-0.4, -0.2) is 16.0 Å². The molecule has 0 aromatic heterocycles. The van der Waals surface area contributed by atoms with Crippen molar-refractivity contribution >= 4 is 15.9 Å². The van der Waals surface area contributed by atoms with E-state index in [-0.39, 0.29) is 10.9 Å². The van der Waals surface area contributed by atoms with Crippen LogP contribution in [0.3, 0.4) is 0 Å². The van der Waals surface area contributed by atoms with Crippen molar-refractivity contribution in [1.29, 1.82) is 0 Å². The van der Waals surface area contributed by atoms with Gasteiger partial charge in [-0.05, 0) is 91.3 Å². The Balaban J connectivity index is 1.50. The van der Waals surface area contributed by atoms with E-state index in [0.717, 1.165) is 48.3 Å². The standard InChI is InChI=1S/C27H45BrO/c1-17(2)7-6-8-18(3)21-11-12-22-20-10-9-19-15-25(29)24(28)16-27(19,5)23(20)13-14-26(21,22)4/h9,17-18,20-25,29H,6-8,10-16H2,1-5H3/t18-,20+,21-,22+,23+,24?,25-,26-,27+/m1/s1. The Morgan fingerprint density at radius 3 is 2.59 bits per heavy atom. The zero-order valence-corrected chi connectivity index (χ0v) is 21.2. The first-order chi connectivity index (χ1) is 13.7. The number of halogens is 1. The van der Waals surface area contributed by atoms with Crippen LogP contribution in [0.1, 0.15) is 98.8 Å². The van der Waals surface area contributed by atoms with Gasteiger partial charge in [0.1, 0.15) is 0 Å².